The van der Waals surface area contributed by atoms with Crippen molar-refractivity contribution in [1.29, 1.82) is 0 Å². The van der Waals surface area contributed by atoms with Crippen LogP contribution in [0.1, 0.15) is 37.4 Å². The molecule has 0 fully saturated rings. The van der Waals surface area contributed by atoms with Crippen molar-refractivity contribution in [1.82, 2.24) is 5.32 Å². The van der Waals surface area contributed by atoms with Crippen LogP contribution < -0.4 is 5.32 Å². The second-order valence-electron chi connectivity index (χ2n) is 5.23. The van der Waals surface area contributed by atoms with Gasteiger partial charge in [-0.1, -0.05) is 43.0 Å². The molecule has 21 heavy (non-hydrogen) atoms. The third-order valence-electron chi connectivity index (χ3n) is 3.47. The summed E-state index contributed by atoms with van der Waals surface area (Å²) >= 11 is 5.53. The van der Waals surface area contributed by atoms with Crippen LogP contribution in [0.25, 0.3) is 0 Å². The fourth-order valence-electron chi connectivity index (χ4n) is 2.14. The van der Waals surface area contributed by atoms with Gasteiger partial charge in [0.1, 0.15) is 0 Å². The minimum atomic E-state index is 0.388. The van der Waals surface area contributed by atoms with Crippen LogP contribution >= 0.6 is 27.7 Å². The normalized spacial score (nSPS) is 12.4. The molecule has 0 aliphatic heterocycles. The van der Waals surface area contributed by atoms with E-state index in [9.17, 15) is 0 Å². The average molecular weight is 364 g/mol. The van der Waals surface area contributed by atoms with E-state index in [1.165, 1.54) is 25.4 Å². The summed E-state index contributed by atoms with van der Waals surface area (Å²) in [4.78, 5) is 2.57. The Kier molecular flexibility index (Phi) is 6.34. The van der Waals surface area contributed by atoms with Crippen LogP contribution in [0.15, 0.2) is 56.7 Å². The van der Waals surface area contributed by atoms with Crippen molar-refractivity contribution in [2.45, 2.75) is 43.0 Å². The smallest absolute Gasteiger partial charge is 0.0318 e. The van der Waals surface area contributed by atoms with Gasteiger partial charge in [0.15, 0.2) is 0 Å². The molecular formula is C18H22BrNS. The lowest BCUT2D eigenvalue weighted by Crippen LogP contribution is -2.19. The first-order valence-electron chi connectivity index (χ1n) is 7.38. The number of hydrogen-bond acceptors (Lipinski definition) is 2. The number of hydrogen-bond donors (Lipinski definition) is 1. The van der Waals surface area contributed by atoms with E-state index in [0.717, 1.165) is 13.0 Å². The highest BCUT2D eigenvalue weighted by Gasteiger charge is 2.09. The van der Waals surface area contributed by atoms with Gasteiger partial charge in [-0.15, -0.1) is 0 Å². The van der Waals surface area contributed by atoms with Crippen LogP contribution in [-0.2, 0) is 0 Å². The predicted molar refractivity (Wildman–Crippen MR) is 96.2 cm³/mol. The summed E-state index contributed by atoms with van der Waals surface area (Å²) < 4.78 is 1.17. The molecule has 1 atom stereocenters. The van der Waals surface area contributed by atoms with Crippen LogP contribution in [0.2, 0.25) is 0 Å². The summed E-state index contributed by atoms with van der Waals surface area (Å²) in [7, 11) is 0. The molecule has 1 nitrogen and oxygen atoms in total. The van der Waals surface area contributed by atoms with Gasteiger partial charge in [-0.3, -0.25) is 0 Å². The van der Waals surface area contributed by atoms with Gasteiger partial charge < -0.3 is 5.32 Å². The Morgan fingerprint density at radius 1 is 1.14 bits per heavy atom. The van der Waals surface area contributed by atoms with Gasteiger partial charge in [0.05, 0.1) is 0 Å². The molecule has 0 bridgehead atoms. The second-order valence-corrected chi connectivity index (χ2v) is 7.17. The molecule has 3 heteroatoms. The number of aryl methyl sites for hydroxylation is 1. The van der Waals surface area contributed by atoms with E-state index in [4.69, 9.17) is 0 Å². The van der Waals surface area contributed by atoms with Crippen molar-refractivity contribution >= 4 is 27.7 Å². The van der Waals surface area contributed by atoms with Crippen molar-refractivity contribution in [3.63, 3.8) is 0 Å². The van der Waals surface area contributed by atoms with Crippen LogP contribution in [0, 0.1) is 6.92 Å². The minimum Gasteiger partial charge on any atom is -0.310 e. The summed E-state index contributed by atoms with van der Waals surface area (Å²) in [6.07, 6.45) is 1.16. The average Bonchev–Trinajstić information content (AvgIpc) is 2.49. The largest absolute Gasteiger partial charge is 0.310 e. The molecule has 0 saturated carbocycles. The van der Waals surface area contributed by atoms with Crippen molar-refractivity contribution in [3.8, 4) is 0 Å². The summed E-state index contributed by atoms with van der Waals surface area (Å²) in [5.74, 6) is 0. The molecule has 0 aliphatic carbocycles. The van der Waals surface area contributed by atoms with Crippen molar-refractivity contribution < 1.29 is 0 Å². The fraction of sp³-hybridized carbons (Fsp3) is 0.333. The van der Waals surface area contributed by atoms with Crippen LogP contribution in [0.4, 0.5) is 0 Å². The Labute approximate surface area is 140 Å². The molecule has 0 aromatic heterocycles. The van der Waals surface area contributed by atoms with E-state index in [2.05, 4.69) is 84.5 Å². The number of rotatable bonds is 6. The van der Waals surface area contributed by atoms with E-state index >= 15 is 0 Å². The summed E-state index contributed by atoms with van der Waals surface area (Å²) in [6.45, 7) is 7.61. The SMILES string of the molecule is CCCNC(C)c1ccc(Sc2ccccc2C)c(Br)c1. The van der Waals surface area contributed by atoms with Gasteiger partial charge >= 0.3 is 0 Å². The van der Waals surface area contributed by atoms with E-state index in [1.54, 1.807) is 0 Å². The monoisotopic (exact) mass is 363 g/mol. The van der Waals surface area contributed by atoms with Gasteiger partial charge in [-0.25, -0.2) is 0 Å². The number of halogens is 1. The van der Waals surface area contributed by atoms with Crippen molar-refractivity contribution in [2.24, 2.45) is 0 Å². The van der Waals surface area contributed by atoms with Gasteiger partial charge in [0.25, 0.3) is 0 Å². The molecule has 2 aromatic rings. The first-order valence-corrected chi connectivity index (χ1v) is 8.99. The van der Waals surface area contributed by atoms with Crippen molar-refractivity contribution in [3.05, 3.63) is 58.1 Å². The second kappa shape index (κ2) is 8.02. The molecule has 0 spiro atoms. The third kappa shape index (κ3) is 4.60. The lowest BCUT2D eigenvalue weighted by molar-refractivity contribution is 0.570. The Morgan fingerprint density at radius 2 is 1.90 bits per heavy atom. The molecular weight excluding hydrogens is 342 g/mol. The van der Waals surface area contributed by atoms with E-state index in [0.29, 0.717) is 6.04 Å². The summed E-state index contributed by atoms with van der Waals surface area (Å²) in [5, 5.41) is 3.53. The molecule has 1 N–H and O–H groups in total. The van der Waals surface area contributed by atoms with Gasteiger partial charge in [0.2, 0.25) is 0 Å². The molecule has 2 aromatic carbocycles. The maximum absolute atomic E-state index is 3.72. The van der Waals surface area contributed by atoms with Crippen molar-refractivity contribution in [2.75, 3.05) is 6.54 Å². The molecule has 2 rings (SSSR count). The molecule has 112 valence electrons. The Balaban J connectivity index is 2.14. The van der Waals surface area contributed by atoms with Crippen LogP contribution in [-0.4, -0.2) is 6.54 Å². The fourth-order valence-corrected chi connectivity index (χ4v) is 3.68. The van der Waals surface area contributed by atoms with Crippen LogP contribution in [0.3, 0.4) is 0 Å². The minimum absolute atomic E-state index is 0.388. The zero-order chi connectivity index (χ0) is 15.2. The molecule has 0 heterocycles. The Morgan fingerprint density at radius 3 is 2.57 bits per heavy atom. The molecule has 0 saturated heterocycles. The predicted octanol–water partition coefficient (Wildman–Crippen LogP) is 5.97. The lowest BCUT2D eigenvalue weighted by atomic mass is 10.1. The maximum atomic E-state index is 3.72. The Hall–Kier alpha value is -0.770. The summed E-state index contributed by atoms with van der Waals surface area (Å²) in [6, 6.07) is 15.5. The molecule has 0 radical (unpaired) electrons. The zero-order valence-corrected chi connectivity index (χ0v) is 15.2. The topological polar surface area (TPSA) is 12.0 Å². The third-order valence-corrected chi connectivity index (χ3v) is 5.64. The van der Waals surface area contributed by atoms with Gasteiger partial charge in [-0.2, -0.15) is 0 Å². The highest BCUT2D eigenvalue weighted by atomic mass is 79.9. The quantitative estimate of drug-likeness (QED) is 0.678. The lowest BCUT2D eigenvalue weighted by Gasteiger charge is -2.15. The van der Waals surface area contributed by atoms with E-state index < -0.39 is 0 Å². The Bertz CT molecular complexity index is 598. The highest BCUT2D eigenvalue weighted by molar-refractivity contribution is 9.10. The molecule has 1 unspecified atom stereocenters. The molecule has 0 aliphatic rings. The van der Waals surface area contributed by atoms with E-state index in [1.807, 2.05) is 11.8 Å². The van der Waals surface area contributed by atoms with Crippen LogP contribution in [0.5, 0.6) is 0 Å². The first kappa shape index (κ1) is 16.6. The number of nitrogens with one attached hydrogen (secondary N) is 1. The van der Waals surface area contributed by atoms with Gasteiger partial charge in [0, 0.05) is 20.3 Å². The number of benzene rings is 2. The van der Waals surface area contributed by atoms with E-state index in [-0.39, 0.29) is 0 Å². The zero-order valence-electron chi connectivity index (χ0n) is 12.8. The maximum Gasteiger partial charge on any atom is 0.0318 e. The highest BCUT2D eigenvalue weighted by Crippen LogP contribution is 2.36. The first-order chi connectivity index (χ1) is 10.1. The standard InChI is InChI=1S/C18H22BrNS/c1-4-11-20-14(3)15-9-10-18(16(19)12-15)21-17-8-6-5-7-13(17)2/h5-10,12,14,20H,4,11H2,1-3H3. The summed E-state index contributed by atoms with van der Waals surface area (Å²) in [5.41, 5.74) is 2.64. The molecule has 0 amide bonds. The van der Waals surface area contributed by atoms with Gasteiger partial charge in [-0.05, 0) is 72.1 Å².